The Morgan fingerprint density at radius 1 is 0.760 bits per heavy atom. The van der Waals surface area contributed by atoms with Crippen molar-refractivity contribution in [2.75, 3.05) is 0 Å². The van der Waals surface area contributed by atoms with E-state index in [-0.39, 0.29) is 36.6 Å². The maximum absolute atomic E-state index is 3.30. The number of benzene rings is 3. The van der Waals surface area contributed by atoms with Crippen LogP contribution in [-0.4, -0.2) is 0 Å². The number of hydrogen-bond donors (Lipinski definition) is 0. The zero-order chi connectivity index (χ0) is 14.8. The fourth-order valence-electron chi connectivity index (χ4n) is 3.07. The number of hydrogen-bond acceptors (Lipinski definition) is 0. The van der Waals surface area contributed by atoms with Crippen molar-refractivity contribution >= 4 is 10.8 Å². The molecule has 0 aromatic heterocycles. The summed E-state index contributed by atoms with van der Waals surface area (Å²) in [6, 6.07) is 32.8. The smallest absolute Gasteiger partial charge is 0.358 e. The minimum atomic E-state index is 0. The average Bonchev–Trinajstić information content (AvgIpc) is 3.19. The van der Waals surface area contributed by atoms with E-state index in [1.807, 2.05) is 6.07 Å². The molecule has 122 valence electrons. The van der Waals surface area contributed by atoms with Gasteiger partial charge in [-0.2, -0.15) is 47.3 Å². The minimum Gasteiger partial charge on any atom is -0.358 e. The monoisotopic (exact) mass is 358 g/mol. The van der Waals surface area contributed by atoms with Crippen molar-refractivity contribution in [3.63, 3.8) is 0 Å². The predicted molar refractivity (Wildman–Crippen MR) is 106 cm³/mol. The van der Waals surface area contributed by atoms with Crippen LogP contribution >= 0.6 is 0 Å². The molecule has 0 unspecified atom stereocenters. The zero-order valence-corrected chi connectivity index (χ0v) is 16.4. The van der Waals surface area contributed by atoms with Gasteiger partial charge in [0.15, 0.2) is 0 Å². The van der Waals surface area contributed by atoms with Crippen LogP contribution in [0.3, 0.4) is 0 Å². The molecule has 4 aromatic carbocycles. The quantitative estimate of drug-likeness (QED) is 0.218. The molecule has 4 aromatic rings. The predicted octanol–water partition coefficient (Wildman–Crippen LogP) is 6.51. The van der Waals surface area contributed by atoms with E-state index in [0.29, 0.717) is 0 Å². The first-order valence-corrected chi connectivity index (χ1v) is 7.60. The zero-order valence-electron chi connectivity index (χ0n) is 14.8. The van der Waals surface area contributed by atoms with Gasteiger partial charge in [-0.05, 0) is 6.42 Å². The first kappa shape index (κ1) is 21.0. The summed E-state index contributed by atoms with van der Waals surface area (Å²) in [5.74, 6) is 0. The van der Waals surface area contributed by atoms with Crippen LogP contribution in [0.1, 0.15) is 11.1 Å². The molecule has 0 radical (unpaired) electrons. The molecule has 0 aliphatic heterocycles. The fourth-order valence-corrected chi connectivity index (χ4v) is 3.07. The molecule has 0 amide bonds. The van der Waals surface area contributed by atoms with Crippen molar-refractivity contribution < 1.29 is 21.7 Å². The van der Waals surface area contributed by atoms with E-state index in [1.165, 1.54) is 33.0 Å². The van der Waals surface area contributed by atoms with Crippen molar-refractivity contribution in [2.45, 2.75) is 6.42 Å². The molecule has 1 heteroatoms. The molecule has 0 atom stereocenters. The molecular formula is C24H22Ti. The van der Waals surface area contributed by atoms with Gasteiger partial charge in [-0.15, -0.1) is 35.2 Å². The molecule has 25 heavy (non-hydrogen) atoms. The Labute approximate surface area is 166 Å². The third-order valence-electron chi connectivity index (χ3n) is 4.16. The van der Waals surface area contributed by atoms with Crippen LogP contribution in [0.5, 0.6) is 0 Å². The summed E-state index contributed by atoms with van der Waals surface area (Å²) in [4.78, 5) is 0. The minimum absolute atomic E-state index is 0. The van der Waals surface area contributed by atoms with Crippen LogP contribution in [0.15, 0.2) is 84.9 Å². The molecule has 0 heterocycles. The third-order valence-corrected chi connectivity index (χ3v) is 4.16. The molecule has 1 aliphatic carbocycles. The molecule has 0 fully saturated rings. The van der Waals surface area contributed by atoms with E-state index in [4.69, 9.17) is 0 Å². The van der Waals surface area contributed by atoms with Gasteiger partial charge in [-0.25, -0.2) is 0 Å². The molecule has 5 rings (SSSR count). The Hall–Kier alpha value is -2.02. The van der Waals surface area contributed by atoms with Gasteiger partial charge in [0, 0.05) is 0 Å². The van der Waals surface area contributed by atoms with Gasteiger partial charge in [0.1, 0.15) is 0 Å². The van der Waals surface area contributed by atoms with Crippen molar-refractivity contribution in [1.82, 2.24) is 0 Å². The van der Waals surface area contributed by atoms with Gasteiger partial charge < -0.3 is 14.9 Å². The van der Waals surface area contributed by atoms with Gasteiger partial charge in [0.05, 0.1) is 0 Å². The van der Waals surface area contributed by atoms with Gasteiger partial charge in [0.2, 0.25) is 0 Å². The molecule has 0 bridgehead atoms. The normalized spacial score (nSPS) is 10.1. The summed E-state index contributed by atoms with van der Waals surface area (Å²) >= 11 is 0. The molecule has 0 spiro atoms. The van der Waals surface area contributed by atoms with Gasteiger partial charge >= 0.3 is 21.7 Å². The Bertz CT molecular complexity index is 844. The average molecular weight is 358 g/mol. The second kappa shape index (κ2) is 9.46. The van der Waals surface area contributed by atoms with E-state index in [2.05, 4.69) is 84.9 Å². The summed E-state index contributed by atoms with van der Waals surface area (Å²) in [5, 5.41) is 2.66. The first-order valence-electron chi connectivity index (χ1n) is 7.60. The molecule has 0 nitrogen and oxygen atoms in total. The molecule has 0 N–H and O–H groups in total. The number of fused-ring (bicyclic) bond motifs is 4. The summed E-state index contributed by atoms with van der Waals surface area (Å²) in [7, 11) is 0. The summed E-state index contributed by atoms with van der Waals surface area (Å²) < 4.78 is 0. The Morgan fingerprint density at radius 3 is 2.32 bits per heavy atom. The second-order valence-corrected chi connectivity index (χ2v) is 5.55. The van der Waals surface area contributed by atoms with Crippen LogP contribution in [0, 0.1) is 20.9 Å². The topological polar surface area (TPSA) is 0 Å². The first-order chi connectivity index (χ1) is 10.9. The summed E-state index contributed by atoms with van der Waals surface area (Å²) in [6.45, 7) is 0. The molecule has 0 saturated heterocycles. The Balaban J connectivity index is 0.000000234. The van der Waals surface area contributed by atoms with Crippen molar-refractivity contribution in [1.29, 1.82) is 0 Å². The van der Waals surface area contributed by atoms with Crippen LogP contribution in [-0.2, 0) is 28.1 Å². The van der Waals surface area contributed by atoms with Crippen molar-refractivity contribution in [2.24, 2.45) is 0 Å². The number of rotatable bonds is 0. The third kappa shape index (κ3) is 4.34. The Kier molecular flexibility index (Phi) is 7.96. The second-order valence-electron chi connectivity index (χ2n) is 5.55. The van der Waals surface area contributed by atoms with E-state index < -0.39 is 0 Å². The van der Waals surface area contributed by atoms with Crippen LogP contribution in [0.4, 0.5) is 0 Å². The van der Waals surface area contributed by atoms with Crippen molar-refractivity contribution in [3.8, 4) is 11.1 Å². The summed E-state index contributed by atoms with van der Waals surface area (Å²) in [5.41, 5.74) is 5.51. The van der Waals surface area contributed by atoms with Gasteiger partial charge in [-0.3, -0.25) is 0 Å². The van der Waals surface area contributed by atoms with E-state index in [0.717, 1.165) is 6.42 Å². The molecular weight excluding hydrogens is 336 g/mol. The van der Waals surface area contributed by atoms with Gasteiger partial charge in [-0.1, -0.05) is 41.5 Å². The fraction of sp³-hybridized carbons (Fsp3) is 0.0417. The Morgan fingerprint density at radius 2 is 1.48 bits per heavy atom. The van der Waals surface area contributed by atoms with Crippen molar-refractivity contribution in [3.05, 3.63) is 117 Å². The molecule has 1 aliphatic rings. The SMILES string of the molecule is [CH3-].[CH3-].[Ti+4].[c-]1cccc2c1Cc1ccccc1-2.c1ccc2[cH-]ccc2c1. The van der Waals surface area contributed by atoms with Gasteiger partial charge in [0.25, 0.3) is 0 Å². The van der Waals surface area contributed by atoms with E-state index in [1.54, 1.807) is 0 Å². The van der Waals surface area contributed by atoms with E-state index in [9.17, 15) is 0 Å². The standard InChI is InChI=1S/C13H9.C9H7.2CH3.Ti/c1-3-7-12-10(5-1)9-11-6-2-4-8-13(11)12;1-2-5-9-7-3-6-8(9)4-1;;;/h1-5,7-8H,9H2;1-7H;2*1H3;/q4*-1;+4. The summed E-state index contributed by atoms with van der Waals surface area (Å²) in [6.07, 6.45) is 1.05. The van der Waals surface area contributed by atoms with Crippen LogP contribution in [0.25, 0.3) is 21.9 Å². The van der Waals surface area contributed by atoms with Crippen LogP contribution in [0.2, 0.25) is 0 Å². The maximum Gasteiger partial charge on any atom is 4.00 e. The molecule has 0 saturated carbocycles. The maximum atomic E-state index is 3.30. The van der Waals surface area contributed by atoms with Crippen LogP contribution < -0.4 is 0 Å². The van der Waals surface area contributed by atoms with E-state index >= 15 is 0 Å². The largest absolute Gasteiger partial charge is 4.00 e.